The van der Waals surface area contributed by atoms with E-state index in [4.69, 9.17) is 0 Å². The van der Waals surface area contributed by atoms with Crippen LogP contribution in [0.2, 0.25) is 0 Å². The highest BCUT2D eigenvalue weighted by Crippen LogP contribution is 2.24. The molecule has 0 aromatic carbocycles. The zero-order chi connectivity index (χ0) is 13.5. The lowest BCUT2D eigenvalue weighted by molar-refractivity contribution is 0.594. The number of fused-ring (bicyclic) bond motifs is 1. The highest BCUT2D eigenvalue weighted by Gasteiger charge is 2.19. The summed E-state index contributed by atoms with van der Waals surface area (Å²) in [5.41, 5.74) is 2.67. The third kappa shape index (κ3) is 2.33. The van der Waals surface area contributed by atoms with E-state index in [-0.39, 0.29) is 0 Å². The Kier molecular flexibility index (Phi) is 2.78. The van der Waals surface area contributed by atoms with Crippen LogP contribution in [0.3, 0.4) is 0 Å². The van der Waals surface area contributed by atoms with E-state index in [2.05, 4.69) is 9.97 Å². The summed E-state index contributed by atoms with van der Waals surface area (Å²) < 4.78 is 22.9. The molecule has 0 saturated heterocycles. The van der Waals surface area contributed by atoms with Crippen molar-refractivity contribution in [2.45, 2.75) is 11.7 Å². The first kappa shape index (κ1) is 12.2. The van der Waals surface area contributed by atoms with Crippen molar-refractivity contribution in [1.82, 2.24) is 9.97 Å². The molecule has 1 N–H and O–H groups in total. The molecule has 1 aliphatic rings. The Labute approximate surface area is 111 Å². The summed E-state index contributed by atoms with van der Waals surface area (Å²) in [5, 5.41) is 0.656. The van der Waals surface area contributed by atoms with Gasteiger partial charge in [-0.1, -0.05) is 18.2 Å². The topological polar surface area (TPSA) is 62.8 Å². The second-order valence-electron chi connectivity index (χ2n) is 4.73. The molecule has 98 valence electrons. The van der Waals surface area contributed by atoms with E-state index in [0.29, 0.717) is 6.42 Å². The minimum atomic E-state index is -3.02. The molecule has 0 aliphatic heterocycles. The molecule has 0 amide bonds. The van der Waals surface area contributed by atoms with Gasteiger partial charge in [0.1, 0.15) is 5.65 Å². The zero-order valence-electron chi connectivity index (χ0n) is 10.5. The van der Waals surface area contributed by atoms with Gasteiger partial charge in [0.25, 0.3) is 0 Å². The molecule has 2 heterocycles. The largest absolute Gasteiger partial charge is 0.346 e. The fourth-order valence-corrected chi connectivity index (χ4v) is 3.01. The Morgan fingerprint density at radius 3 is 2.84 bits per heavy atom. The lowest BCUT2D eigenvalue weighted by atomic mass is 10.0. The monoisotopic (exact) mass is 274 g/mol. The first-order valence-electron chi connectivity index (χ1n) is 6.06. The van der Waals surface area contributed by atoms with Gasteiger partial charge in [0, 0.05) is 17.8 Å². The molecule has 0 radical (unpaired) electrons. The Morgan fingerprint density at radius 1 is 1.32 bits per heavy atom. The summed E-state index contributed by atoms with van der Waals surface area (Å²) in [6.45, 7) is 0. The van der Waals surface area contributed by atoms with Crippen LogP contribution < -0.4 is 0 Å². The van der Waals surface area contributed by atoms with E-state index >= 15 is 0 Å². The molecule has 0 fully saturated rings. The second-order valence-corrected chi connectivity index (χ2v) is 7.00. The molecule has 3 rings (SSSR count). The summed E-state index contributed by atoms with van der Waals surface area (Å²) >= 11 is 0. The number of nitrogens with zero attached hydrogens (tertiary/aromatic N) is 1. The van der Waals surface area contributed by atoms with Gasteiger partial charge in [0.15, 0.2) is 9.84 Å². The number of aromatic nitrogens is 2. The standard InChI is InChI=1S/C14H14N2O2S/c1-19(17,18)12-5-2-10(3-6-12)13-7-4-11-8-9-15-14(11)16-13/h2-5,7-9,12H,6H2,1H3,(H,15,16). The van der Waals surface area contributed by atoms with E-state index < -0.39 is 15.1 Å². The van der Waals surface area contributed by atoms with Crippen LogP contribution in [0.15, 0.2) is 42.6 Å². The number of aromatic amines is 1. The fourth-order valence-electron chi connectivity index (χ4n) is 2.20. The Morgan fingerprint density at radius 2 is 2.16 bits per heavy atom. The van der Waals surface area contributed by atoms with Crippen LogP contribution in [0.1, 0.15) is 12.1 Å². The highest BCUT2D eigenvalue weighted by atomic mass is 32.2. The van der Waals surface area contributed by atoms with Crippen LogP contribution in [-0.4, -0.2) is 29.9 Å². The van der Waals surface area contributed by atoms with Crippen molar-refractivity contribution in [3.05, 3.63) is 48.3 Å². The molecule has 19 heavy (non-hydrogen) atoms. The van der Waals surface area contributed by atoms with E-state index in [9.17, 15) is 8.42 Å². The quantitative estimate of drug-likeness (QED) is 0.914. The van der Waals surface area contributed by atoms with Crippen molar-refractivity contribution >= 4 is 26.4 Å². The van der Waals surface area contributed by atoms with Gasteiger partial charge in [-0.2, -0.15) is 0 Å². The molecular weight excluding hydrogens is 260 g/mol. The summed E-state index contributed by atoms with van der Waals surface area (Å²) in [6.07, 6.45) is 9.14. The number of nitrogens with one attached hydrogen (secondary N) is 1. The first-order chi connectivity index (χ1) is 9.04. The van der Waals surface area contributed by atoms with Gasteiger partial charge in [-0.15, -0.1) is 0 Å². The minimum Gasteiger partial charge on any atom is -0.346 e. The lowest BCUT2D eigenvalue weighted by Crippen LogP contribution is -2.18. The number of sulfone groups is 1. The summed E-state index contributed by atoms with van der Waals surface area (Å²) in [4.78, 5) is 7.60. The number of H-pyrrole nitrogens is 1. The van der Waals surface area contributed by atoms with Crippen LogP contribution in [0.25, 0.3) is 16.6 Å². The van der Waals surface area contributed by atoms with Crippen LogP contribution in [0.5, 0.6) is 0 Å². The van der Waals surface area contributed by atoms with Gasteiger partial charge in [0.05, 0.1) is 10.9 Å². The van der Waals surface area contributed by atoms with Crippen LogP contribution in [0.4, 0.5) is 0 Å². The molecule has 2 aromatic rings. The first-order valence-corrected chi connectivity index (χ1v) is 8.01. The number of pyridine rings is 1. The third-order valence-electron chi connectivity index (χ3n) is 3.32. The molecule has 1 aliphatic carbocycles. The van der Waals surface area contributed by atoms with Gasteiger partial charge < -0.3 is 4.98 Å². The molecular formula is C14H14N2O2S. The van der Waals surface area contributed by atoms with Crippen molar-refractivity contribution in [3.8, 4) is 0 Å². The Hall–Kier alpha value is -1.88. The average molecular weight is 274 g/mol. The molecule has 1 unspecified atom stereocenters. The summed E-state index contributed by atoms with van der Waals surface area (Å²) in [6, 6.07) is 5.93. The molecule has 1 atom stereocenters. The van der Waals surface area contributed by atoms with Crippen molar-refractivity contribution in [2.24, 2.45) is 0 Å². The van der Waals surface area contributed by atoms with Crippen LogP contribution in [-0.2, 0) is 9.84 Å². The van der Waals surface area contributed by atoms with Crippen molar-refractivity contribution < 1.29 is 8.42 Å². The normalized spacial score (nSPS) is 19.6. The predicted molar refractivity (Wildman–Crippen MR) is 76.5 cm³/mol. The van der Waals surface area contributed by atoms with E-state index in [1.807, 2.05) is 36.5 Å². The number of allylic oxidation sites excluding steroid dienone is 3. The maximum atomic E-state index is 11.5. The molecule has 0 spiro atoms. The van der Waals surface area contributed by atoms with Crippen LogP contribution >= 0.6 is 0 Å². The predicted octanol–water partition coefficient (Wildman–Crippen LogP) is 2.32. The van der Waals surface area contributed by atoms with Gasteiger partial charge in [-0.05, 0) is 30.2 Å². The molecule has 0 bridgehead atoms. The van der Waals surface area contributed by atoms with Gasteiger partial charge in [-0.25, -0.2) is 13.4 Å². The Balaban J connectivity index is 1.92. The van der Waals surface area contributed by atoms with E-state index in [0.717, 1.165) is 22.3 Å². The highest BCUT2D eigenvalue weighted by molar-refractivity contribution is 7.91. The van der Waals surface area contributed by atoms with Crippen LogP contribution in [0, 0.1) is 0 Å². The fraction of sp³-hybridized carbons (Fsp3) is 0.214. The lowest BCUT2D eigenvalue weighted by Gasteiger charge is -2.14. The SMILES string of the molecule is CS(=O)(=O)C1C=CC(c2ccc3cc[nH]c3n2)=CC1. The third-order valence-corrected chi connectivity index (χ3v) is 4.77. The van der Waals surface area contributed by atoms with Crippen molar-refractivity contribution in [1.29, 1.82) is 0 Å². The molecule has 2 aromatic heterocycles. The minimum absolute atomic E-state index is 0.412. The molecule has 0 saturated carbocycles. The van der Waals surface area contributed by atoms with Gasteiger partial charge >= 0.3 is 0 Å². The average Bonchev–Trinajstić information content (AvgIpc) is 2.85. The summed E-state index contributed by atoms with van der Waals surface area (Å²) in [7, 11) is -3.02. The smallest absolute Gasteiger partial charge is 0.154 e. The maximum absolute atomic E-state index is 11.5. The number of rotatable bonds is 2. The summed E-state index contributed by atoms with van der Waals surface area (Å²) in [5.74, 6) is 0. The molecule has 5 heteroatoms. The van der Waals surface area contributed by atoms with E-state index in [1.54, 1.807) is 6.08 Å². The zero-order valence-corrected chi connectivity index (χ0v) is 11.3. The molecule has 4 nitrogen and oxygen atoms in total. The van der Waals surface area contributed by atoms with E-state index in [1.165, 1.54) is 6.26 Å². The number of hydrogen-bond acceptors (Lipinski definition) is 3. The number of hydrogen-bond donors (Lipinski definition) is 1. The van der Waals surface area contributed by atoms with Crippen molar-refractivity contribution in [2.75, 3.05) is 6.26 Å². The van der Waals surface area contributed by atoms with Crippen molar-refractivity contribution in [3.63, 3.8) is 0 Å². The Bertz CT molecular complexity index is 785. The maximum Gasteiger partial charge on any atom is 0.154 e. The second kappa shape index (κ2) is 4.35. The van der Waals surface area contributed by atoms with Gasteiger partial charge in [0.2, 0.25) is 0 Å². The van der Waals surface area contributed by atoms with Gasteiger partial charge in [-0.3, -0.25) is 0 Å².